The van der Waals surface area contributed by atoms with E-state index < -0.39 is 0 Å². The fourth-order valence-electron chi connectivity index (χ4n) is 3.05. The molecule has 2 fully saturated rings. The number of carbonyl (C=O) groups is 1. The molecule has 0 aromatic carbocycles. The van der Waals surface area contributed by atoms with Crippen molar-refractivity contribution >= 4 is 5.91 Å². The van der Waals surface area contributed by atoms with E-state index in [9.17, 15) is 4.79 Å². The zero-order valence-corrected chi connectivity index (χ0v) is 13.5. The summed E-state index contributed by atoms with van der Waals surface area (Å²) in [6, 6.07) is 1.88. The quantitative estimate of drug-likeness (QED) is 0.933. The average molecular weight is 315 g/mol. The highest BCUT2D eigenvalue weighted by atomic mass is 16.5. The molecular weight excluding hydrogens is 294 g/mol. The number of hydrogen-bond donors (Lipinski definition) is 1. The molecule has 0 radical (unpaired) electrons. The number of H-pyrrole nitrogens is 1. The van der Waals surface area contributed by atoms with Crippen molar-refractivity contribution in [1.29, 1.82) is 0 Å². The molecule has 0 spiro atoms. The Balaban J connectivity index is 1.53. The van der Waals surface area contributed by atoms with Gasteiger partial charge in [0, 0.05) is 31.7 Å². The van der Waals surface area contributed by atoms with Crippen molar-refractivity contribution in [1.82, 2.24) is 24.9 Å². The van der Waals surface area contributed by atoms with Crippen LogP contribution in [0.2, 0.25) is 0 Å². The van der Waals surface area contributed by atoms with Crippen molar-refractivity contribution in [2.75, 3.05) is 26.7 Å². The Morgan fingerprint density at radius 3 is 2.91 bits per heavy atom. The molecular formula is C16H21N5O2. The number of likely N-dealkylation sites (N-methyl/N-ethyl adjacent to an activating group) is 1. The summed E-state index contributed by atoms with van der Waals surface area (Å²) in [6.45, 7) is 4.00. The Kier molecular flexibility index (Phi) is 3.45. The number of carbonyl (C=O) groups excluding carboxylic acids is 1. The fraction of sp³-hybridized carbons (Fsp3) is 0.562. The lowest BCUT2D eigenvalue weighted by atomic mass is 10.1. The fourth-order valence-corrected chi connectivity index (χ4v) is 3.05. The van der Waals surface area contributed by atoms with E-state index in [0.29, 0.717) is 30.6 Å². The van der Waals surface area contributed by atoms with Crippen molar-refractivity contribution in [2.24, 2.45) is 0 Å². The number of hydrogen-bond acceptors (Lipinski definition) is 5. The number of rotatable bonds is 3. The number of aromatic amines is 1. The van der Waals surface area contributed by atoms with Crippen LogP contribution >= 0.6 is 0 Å². The number of aryl methyl sites for hydroxylation is 1. The van der Waals surface area contributed by atoms with Gasteiger partial charge in [-0.2, -0.15) is 4.98 Å². The highest BCUT2D eigenvalue weighted by Gasteiger charge is 2.35. The highest BCUT2D eigenvalue weighted by molar-refractivity contribution is 5.94. The maximum absolute atomic E-state index is 12.7. The van der Waals surface area contributed by atoms with Crippen molar-refractivity contribution < 1.29 is 9.32 Å². The van der Waals surface area contributed by atoms with Gasteiger partial charge in [0.1, 0.15) is 11.7 Å². The summed E-state index contributed by atoms with van der Waals surface area (Å²) in [5.41, 5.74) is 1.64. The molecule has 23 heavy (non-hydrogen) atoms. The predicted octanol–water partition coefficient (Wildman–Crippen LogP) is 1.71. The molecule has 7 heteroatoms. The van der Waals surface area contributed by atoms with Crippen LogP contribution in [-0.2, 0) is 0 Å². The standard InChI is InChI=1S/C16H21N5O2/c1-10-5-6-17-13(10)16(22)21-8-7-20(2)12(9-21)15-18-14(19-23-15)11-3-4-11/h5-6,11-12,17H,3-4,7-9H2,1-2H3. The minimum atomic E-state index is -0.0389. The molecule has 1 amide bonds. The van der Waals surface area contributed by atoms with Crippen molar-refractivity contribution in [3.05, 3.63) is 35.2 Å². The Morgan fingerprint density at radius 1 is 1.39 bits per heavy atom. The minimum absolute atomic E-state index is 0.0348. The molecule has 1 unspecified atom stereocenters. The Bertz CT molecular complexity index is 718. The van der Waals surface area contributed by atoms with Gasteiger partial charge < -0.3 is 14.4 Å². The maximum Gasteiger partial charge on any atom is 0.270 e. The average Bonchev–Trinajstić information content (AvgIpc) is 3.12. The minimum Gasteiger partial charge on any atom is -0.357 e. The molecule has 122 valence electrons. The summed E-state index contributed by atoms with van der Waals surface area (Å²) >= 11 is 0. The van der Waals surface area contributed by atoms with Crippen molar-refractivity contribution in [3.63, 3.8) is 0 Å². The lowest BCUT2D eigenvalue weighted by molar-refractivity contribution is 0.0484. The highest BCUT2D eigenvalue weighted by Crippen LogP contribution is 2.38. The smallest absolute Gasteiger partial charge is 0.270 e. The normalized spacial score (nSPS) is 22.5. The summed E-state index contributed by atoms with van der Waals surface area (Å²) in [5.74, 6) is 1.94. The van der Waals surface area contributed by atoms with Gasteiger partial charge in [-0.05, 0) is 38.4 Å². The van der Waals surface area contributed by atoms with Crippen LogP contribution in [0, 0.1) is 6.92 Å². The zero-order valence-electron chi connectivity index (χ0n) is 13.5. The summed E-state index contributed by atoms with van der Waals surface area (Å²) in [5, 5.41) is 4.10. The third kappa shape index (κ3) is 2.65. The van der Waals surface area contributed by atoms with Crippen LogP contribution in [0.15, 0.2) is 16.8 Å². The molecule has 0 bridgehead atoms. The molecule has 1 saturated carbocycles. The third-order valence-electron chi connectivity index (χ3n) is 4.79. The van der Waals surface area contributed by atoms with E-state index in [1.807, 2.05) is 24.9 Å². The number of aromatic nitrogens is 3. The van der Waals surface area contributed by atoms with Gasteiger partial charge in [-0.25, -0.2) is 0 Å². The second kappa shape index (κ2) is 5.49. The zero-order chi connectivity index (χ0) is 16.0. The summed E-state index contributed by atoms with van der Waals surface area (Å²) in [6.07, 6.45) is 4.10. The van der Waals surface area contributed by atoms with Gasteiger partial charge >= 0.3 is 0 Å². The largest absolute Gasteiger partial charge is 0.357 e. The van der Waals surface area contributed by atoms with Crippen molar-refractivity contribution in [2.45, 2.75) is 31.7 Å². The van der Waals surface area contributed by atoms with Crippen LogP contribution in [0.1, 0.15) is 52.6 Å². The van der Waals surface area contributed by atoms with Gasteiger partial charge in [-0.1, -0.05) is 5.16 Å². The van der Waals surface area contributed by atoms with Gasteiger partial charge in [0.05, 0.1) is 0 Å². The number of amides is 1. The lowest BCUT2D eigenvalue weighted by Gasteiger charge is -2.37. The Morgan fingerprint density at radius 2 is 2.22 bits per heavy atom. The van der Waals surface area contributed by atoms with Crippen molar-refractivity contribution in [3.8, 4) is 0 Å². The monoisotopic (exact) mass is 315 g/mol. The Hall–Kier alpha value is -2.15. The van der Waals surface area contributed by atoms with E-state index in [4.69, 9.17) is 4.52 Å². The predicted molar refractivity (Wildman–Crippen MR) is 83.1 cm³/mol. The summed E-state index contributed by atoms with van der Waals surface area (Å²) < 4.78 is 5.47. The van der Waals surface area contributed by atoms with Crippen LogP contribution in [0.4, 0.5) is 0 Å². The van der Waals surface area contributed by atoms with E-state index in [2.05, 4.69) is 20.0 Å². The molecule has 2 aromatic rings. The van der Waals surface area contributed by atoms with E-state index in [0.717, 1.165) is 30.8 Å². The molecule has 2 aliphatic rings. The van der Waals surface area contributed by atoms with Crippen LogP contribution in [0.25, 0.3) is 0 Å². The van der Waals surface area contributed by atoms with Gasteiger partial charge in [0.2, 0.25) is 5.89 Å². The van der Waals surface area contributed by atoms with Crippen LogP contribution in [0.5, 0.6) is 0 Å². The van der Waals surface area contributed by atoms with Gasteiger partial charge in [0.25, 0.3) is 5.91 Å². The third-order valence-corrected chi connectivity index (χ3v) is 4.79. The van der Waals surface area contributed by atoms with E-state index >= 15 is 0 Å². The molecule has 1 N–H and O–H groups in total. The summed E-state index contributed by atoms with van der Waals surface area (Å²) in [4.78, 5) is 24.3. The number of nitrogens with one attached hydrogen (secondary N) is 1. The van der Waals surface area contributed by atoms with E-state index in [1.165, 1.54) is 0 Å². The number of piperazine rings is 1. The lowest BCUT2D eigenvalue weighted by Crippen LogP contribution is -2.49. The van der Waals surface area contributed by atoms with Gasteiger partial charge in [-0.15, -0.1) is 0 Å². The second-order valence-electron chi connectivity index (χ2n) is 6.55. The molecule has 1 saturated heterocycles. The first kappa shape index (κ1) is 14.4. The molecule has 1 aliphatic carbocycles. The molecule has 1 atom stereocenters. The topological polar surface area (TPSA) is 78.3 Å². The molecule has 7 nitrogen and oxygen atoms in total. The first-order chi connectivity index (χ1) is 11.1. The SMILES string of the molecule is Cc1cc[nH]c1C(=O)N1CCN(C)C(c2nc(C3CC3)no2)C1. The Labute approximate surface area is 134 Å². The number of nitrogens with zero attached hydrogens (tertiary/aromatic N) is 4. The summed E-state index contributed by atoms with van der Waals surface area (Å²) in [7, 11) is 2.04. The van der Waals surface area contributed by atoms with E-state index in [1.54, 1.807) is 6.20 Å². The maximum atomic E-state index is 12.7. The molecule has 3 heterocycles. The van der Waals surface area contributed by atoms with Crippen LogP contribution in [-0.4, -0.2) is 57.5 Å². The first-order valence-corrected chi connectivity index (χ1v) is 8.10. The molecule has 4 rings (SSSR count). The molecule has 2 aromatic heterocycles. The second-order valence-corrected chi connectivity index (χ2v) is 6.55. The van der Waals surface area contributed by atoms with Crippen LogP contribution < -0.4 is 0 Å². The van der Waals surface area contributed by atoms with E-state index in [-0.39, 0.29) is 11.9 Å². The van der Waals surface area contributed by atoms with Crippen LogP contribution in [0.3, 0.4) is 0 Å². The molecule has 1 aliphatic heterocycles. The van der Waals surface area contributed by atoms with Gasteiger partial charge in [-0.3, -0.25) is 9.69 Å². The first-order valence-electron chi connectivity index (χ1n) is 8.10. The van der Waals surface area contributed by atoms with Gasteiger partial charge in [0.15, 0.2) is 5.82 Å².